The number of halogens is 2. The topological polar surface area (TPSA) is 59.4 Å². The molecular formula is C25H28F2N4O. The summed E-state index contributed by atoms with van der Waals surface area (Å²) in [5, 5.41) is 12.4. The molecule has 7 heteroatoms. The lowest BCUT2D eigenvalue weighted by atomic mass is 9.96. The summed E-state index contributed by atoms with van der Waals surface area (Å²) in [5.41, 5.74) is 1.19. The first kappa shape index (κ1) is 22.4. The molecule has 0 atom stereocenters. The van der Waals surface area contributed by atoms with E-state index in [9.17, 15) is 18.8 Å². The molecule has 4 rings (SSSR count). The van der Waals surface area contributed by atoms with Gasteiger partial charge in [-0.25, -0.2) is 8.78 Å². The van der Waals surface area contributed by atoms with Crippen LogP contribution < -0.4 is 5.32 Å². The second-order valence-corrected chi connectivity index (χ2v) is 8.77. The highest BCUT2D eigenvalue weighted by atomic mass is 19.1. The molecule has 1 amide bonds. The molecule has 0 aromatic heterocycles. The SMILES string of the molecule is N#CC1(NC(=O)CN2CCN(C(c3ccc(F)cc3)c3ccc(F)cc3)CC2)CCCC1. The van der Waals surface area contributed by atoms with Crippen molar-refractivity contribution < 1.29 is 13.6 Å². The van der Waals surface area contributed by atoms with Gasteiger partial charge in [-0.1, -0.05) is 24.3 Å². The lowest BCUT2D eigenvalue weighted by Crippen LogP contribution is -2.53. The number of rotatable bonds is 6. The molecule has 1 aliphatic carbocycles. The van der Waals surface area contributed by atoms with Crippen LogP contribution in [0.3, 0.4) is 0 Å². The summed E-state index contributed by atoms with van der Waals surface area (Å²) in [4.78, 5) is 16.9. The van der Waals surface area contributed by atoms with Crippen molar-refractivity contribution in [2.45, 2.75) is 37.3 Å². The van der Waals surface area contributed by atoms with Crippen LogP contribution in [0.5, 0.6) is 0 Å². The maximum atomic E-state index is 13.5. The van der Waals surface area contributed by atoms with Crippen LogP contribution in [-0.2, 0) is 4.79 Å². The molecule has 32 heavy (non-hydrogen) atoms. The molecule has 1 N–H and O–H groups in total. The van der Waals surface area contributed by atoms with E-state index >= 15 is 0 Å². The van der Waals surface area contributed by atoms with Gasteiger partial charge in [0.15, 0.2) is 0 Å². The van der Waals surface area contributed by atoms with E-state index in [1.165, 1.54) is 24.3 Å². The molecule has 2 aromatic rings. The molecule has 0 unspecified atom stereocenters. The summed E-state index contributed by atoms with van der Waals surface area (Å²) in [7, 11) is 0. The predicted molar refractivity (Wildman–Crippen MR) is 118 cm³/mol. The highest BCUT2D eigenvalue weighted by molar-refractivity contribution is 5.79. The van der Waals surface area contributed by atoms with Crippen LogP contribution in [0, 0.1) is 23.0 Å². The smallest absolute Gasteiger partial charge is 0.235 e. The Morgan fingerprint density at radius 2 is 1.44 bits per heavy atom. The van der Waals surface area contributed by atoms with Crippen LogP contribution in [-0.4, -0.2) is 54.0 Å². The second kappa shape index (κ2) is 9.76. The minimum Gasteiger partial charge on any atom is -0.337 e. The van der Waals surface area contributed by atoms with Gasteiger partial charge in [0.2, 0.25) is 5.91 Å². The van der Waals surface area contributed by atoms with Gasteiger partial charge in [-0.05, 0) is 61.1 Å². The van der Waals surface area contributed by atoms with Crippen LogP contribution in [0.4, 0.5) is 8.78 Å². The van der Waals surface area contributed by atoms with Gasteiger partial charge < -0.3 is 5.32 Å². The third-order valence-corrected chi connectivity index (χ3v) is 6.56. The summed E-state index contributed by atoms with van der Waals surface area (Å²) in [6.07, 6.45) is 3.39. The van der Waals surface area contributed by atoms with Gasteiger partial charge in [0.25, 0.3) is 0 Å². The van der Waals surface area contributed by atoms with Gasteiger partial charge >= 0.3 is 0 Å². The molecular weight excluding hydrogens is 410 g/mol. The molecule has 5 nitrogen and oxygen atoms in total. The molecule has 168 valence electrons. The van der Waals surface area contributed by atoms with E-state index in [1.54, 1.807) is 24.3 Å². The Hall–Kier alpha value is -2.82. The fourth-order valence-corrected chi connectivity index (χ4v) is 4.84. The number of amides is 1. The number of hydrogen-bond acceptors (Lipinski definition) is 4. The van der Waals surface area contributed by atoms with Crippen molar-refractivity contribution in [3.8, 4) is 6.07 Å². The second-order valence-electron chi connectivity index (χ2n) is 8.77. The minimum absolute atomic E-state index is 0.101. The van der Waals surface area contributed by atoms with Crippen molar-refractivity contribution in [3.05, 3.63) is 71.3 Å². The lowest BCUT2D eigenvalue weighted by molar-refractivity contribution is -0.124. The number of hydrogen-bond donors (Lipinski definition) is 1. The van der Waals surface area contributed by atoms with E-state index in [4.69, 9.17) is 0 Å². The normalized spacial score (nSPS) is 19.1. The number of carbonyl (C=O) groups excluding carboxylic acids is 1. The van der Waals surface area contributed by atoms with E-state index < -0.39 is 5.54 Å². The van der Waals surface area contributed by atoms with Crippen molar-refractivity contribution in [1.82, 2.24) is 15.1 Å². The van der Waals surface area contributed by atoms with Crippen LogP contribution in [0.1, 0.15) is 42.9 Å². The van der Waals surface area contributed by atoms with E-state index in [0.29, 0.717) is 13.1 Å². The number of benzene rings is 2. The molecule has 1 saturated carbocycles. The largest absolute Gasteiger partial charge is 0.337 e. The highest BCUT2D eigenvalue weighted by Crippen LogP contribution is 2.31. The van der Waals surface area contributed by atoms with Crippen LogP contribution >= 0.6 is 0 Å². The summed E-state index contributed by atoms with van der Waals surface area (Å²) in [5.74, 6) is -0.685. The van der Waals surface area contributed by atoms with Crippen molar-refractivity contribution in [2.75, 3.05) is 32.7 Å². The zero-order chi connectivity index (χ0) is 22.6. The van der Waals surface area contributed by atoms with E-state index in [2.05, 4.69) is 21.2 Å². The molecule has 2 aliphatic rings. The maximum absolute atomic E-state index is 13.5. The number of piperazine rings is 1. The average Bonchev–Trinajstić information content (AvgIpc) is 3.26. The van der Waals surface area contributed by atoms with Gasteiger partial charge in [0, 0.05) is 26.2 Å². The van der Waals surface area contributed by atoms with Gasteiger partial charge in [-0.2, -0.15) is 5.26 Å². The molecule has 2 aromatic carbocycles. The fourth-order valence-electron chi connectivity index (χ4n) is 4.84. The van der Waals surface area contributed by atoms with Gasteiger partial charge in [0.05, 0.1) is 18.7 Å². The molecule has 0 radical (unpaired) electrons. The molecule has 1 heterocycles. The minimum atomic E-state index is -0.699. The molecule has 1 saturated heterocycles. The standard InChI is InChI=1S/C25H28F2N4O/c26-21-7-3-19(4-8-21)24(20-5-9-22(27)10-6-20)31-15-13-30(14-16-31)17-23(32)29-25(18-28)11-1-2-12-25/h3-10,24H,1-2,11-17H2,(H,29,32). The first-order valence-corrected chi connectivity index (χ1v) is 11.2. The summed E-state index contributed by atoms with van der Waals surface area (Å²) >= 11 is 0. The van der Waals surface area contributed by atoms with Crippen molar-refractivity contribution in [1.29, 1.82) is 5.26 Å². The first-order chi connectivity index (χ1) is 15.5. The Morgan fingerprint density at radius 3 is 1.91 bits per heavy atom. The predicted octanol–water partition coefficient (Wildman–Crippen LogP) is 3.62. The van der Waals surface area contributed by atoms with Crippen LogP contribution in [0.15, 0.2) is 48.5 Å². The number of nitrogens with one attached hydrogen (secondary N) is 1. The summed E-state index contributed by atoms with van der Waals surface area (Å²) in [6, 6.07) is 15.0. The fraction of sp³-hybridized carbons (Fsp3) is 0.440. The van der Waals surface area contributed by atoms with E-state index in [1.807, 2.05) is 0 Å². The number of nitrogens with zero attached hydrogens (tertiary/aromatic N) is 3. The Kier molecular flexibility index (Phi) is 6.83. The lowest BCUT2D eigenvalue weighted by Gasteiger charge is -2.39. The van der Waals surface area contributed by atoms with Gasteiger partial charge in [-0.15, -0.1) is 0 Å². The summed E-state index contributed by atoms with van der Waals surface area (Å²) < 4.78 is 27.0. The average molecular weight is 439 g/mol. The first-order valence-electron chi connectivity index (χ1n) is 11.2. The third kappa shape index (κ3) is 5.14. The van der Waals surface area contributed by atoms with Gasteiger partial charge in [-0.3, -0.25) is 14.6 Å². The van der Waals surface area contributed by atoms with E-state index in [0.717, 1.165) is 49.9 Å². The molecule has 1 aliphatic heterocycles. The van der Waals surface area contributed by atoms with E-state index in [-0.39, 0.29) is 30.1 Å². The highest BCUT2D eigenvalue weighted by Gasteiger charge is 2.36. The third-order valence-electron chi connectivity index (χ3n) is 6.56. The van der Waals surface area contributed by atoms with Crippen molar-refractivity contribution >= 4 is 5.91 Å². The summed E-state index contributed by atoms with van der Waals surface area (Å²) in [6.45, 7) is 3.11. The maximum Gasteiger partial charge on any atom is 0.235 e. The van der Waals surface area contributed by atoms with Crippen LogP contribution in [0.25, 0.3) is 0 Å². The van der Waals surface area contributed by atoms with Gasteiger partial charge in [0.1, 0.15) is 17.2 Å². The van der Waals surface area contributed by atoms with Crippen molar-refractivity contribution in [2.24, 2.45) is 0 Å². The molecule has 0 spiro atoms. The Bertz CT molecular complexity index is 911. The number of nitriles is 1. The zero-order valence-corrected chi connectivity index (χ0v) is 18.1. The Labute approximate surface area is 187 Å². The monoisotopic (exact) mass is 438 g/mol. The van der Waals surface area contributed by atoms with Crippen LogP contribution in [0.2, 0.25) is 0 Å². The Balaban J connectivity index is 1.41. The molecule has 2 fully saturated rings. The molecule has 0 bridgehead atoms. The quantitative estimate of drug-likeness (QED) is 0.749. The zero-order valence-electron chi connectivity index (χ0n) is 18.1. The Morgan fingerprint density at radius 1 is 0.938 bits per heavy atom. The van der Waals surface area contributed by atoms with Crippen molar-refractivity contribution in [3.63, 3.8) is 0 Å². The number of carbonyl (C=O) groups is 1.